The van der Waals surface area contributed by atoms with E-state index in [4.69, 9.17) is 5.11 Å². The van der Waals surface area contributed by atoms with Crippen molar-refractivity contribution >= 4 is 6.08 Å². The van der Waals surface area contributed by atoms with Gasteiger partial charge in [-0.15, -0.1) is 0 Å². The van der Waals surface area contributed by atoms with Gasteiger partial charge in [0.2, 0.25) is 0 Å². The topological polar surface area (TPSA) is 40.5 Å². The minimum Gasteiger partial charge on any atom is -0.504 e. The summed E-state index contributed by atoms with van der Waals surface area (Å²) in [6.07, 6.45) is 10.9. The molecule has 2 N–H and O–H groups in total. The Morgan fingerprint density at radius 1 is 1.06 bits per heavy atom. The molecular weight excluding hydrogens is 200 g/mol. The van der Waals surface area contributed by atoms with E-state index in [1.54, 1.807) is 6.07 Å². The first-order valence-corrected chi connectivity index (χ1v) is 5.37. The SMILES string of the molecule is [CH2]CCC=CCC=Cc1ccc(O)c(O)c1. The Hall–Kier alpha value is -1.70. The molecular formula is C14H17O2. The average molecular weight is 217 g/mol. The van der Waals surface area contributed by atoms with Crippen LogP contribution in [-0.2, 0) is 0 Å². The highest BCUT2D eigenvalue weighted by molar-refractivity contribution is 5.55. The van der Waals surface area contributed by atoms with E-state index in [1.165, 1.54) is 12.1 Å². The van der Waals surface area contributed by atoms with Gasteiger partial charge in [0.25, 0.3) is 0 Å². The predicted octanol–water partition coefficient (Wildman–Crippen LogP) is 3.67. The summed E-state index contributed by atoms with van der Waals surface area (Å²) >= 11 is 0. The highest BCUT2D eigenvalue weighted by Gasteiger charge is 1.96. The summed E-state index contributed by atoms with van der Waals surface area (Å²) in [5.74, 6) is -0.178. The number of rotatable bonds is 5. The van der Waals surface area contributed by atoms with Gasteiger partial charge in [-0.25, -0.2) is 0 Å². The largest absolute Gasteiger partial charge is 0.504 e. The molecule has 0 spiro atoms. The maximum absolute atomic E-state index is 9.27. The van der Waals surface area contributed by atoms with E-state index in [1.807, 2.05) is 12.2 Å². The Kier molecular flexibility index (Phi) is 5.20. The zero-order valence-corrected chi connectivity index (χ0v) is 9.26. The first-order chi connectivity index (χ1) is 7.74. The van der Waals surface area contributed by atoms with E-state index in [0.29, 0.717) is 0 Å². The van der Waals surface area contributed by atoms with Crippen LogP contribution in [0.15, 0.2) is 36.4 Å². The van der Waals surface area contributed by atoms with E-state index in [2.05, 4.69) is 19.1 Å². The van der Waals surface area contributed by atoms with Crippen LogP contribution in [0.3, 0.4) is 0 Å². The van der Waals surface area contributed by atoms with Gasteiger partial charge in [-0.3, -0.25) is 0 Å². The van der Waals surface area contributed by atoms with Gasteiger partial charge in [0.1, 0.15) is 0 Å². The third-order valence-electron chi connectivity index (χ3n) is 2.12. The summed E-state index contributed by atoms with van der Waals surface area (Å²) in [7, 11) is 0. The summed E-state index contributed by atoms with van der Waals surface area (Å²) in [5, 5.41) is 18.4. The fourth-order valence-electron chi connectivity index (χ4n) is 1.26. The molecule has 1 aromatic carbocycles. The predicted molar refractivity (Wildman–Crippen MR) is 67.2 cm³/mol. The lowest BCUT2D eigenvalue weighted by Crippen LogP contribution is -1.73. The molecule has 1 radical (unpaired) electrons. The standard InChI is InChI=1S/C14H17O2/c1-2-3-4-5-6-7-8-12-9-10-13(15)14(16)11-12/h4-5,7-11,15-16H,1-3,6H2. The highest BCUT2D eigenvalue weighted by atomic mass is 16.3. The monoisotopic (exact) mass is 217 g/mol. The van der Waals surface area contributed by atoms with Crippen molar-refractivity contribution in [2.75, 3.05) is 0 Å². The summed E-state index contributed by atoms with van der Waals surface area (Å²) in [6.45, 7) is 3.75. The van der Waals surface area contributed by atoms with E-state index < -0.39 is 0 Å². The minimum atomic E-state index is -0.0903. The van der Waals surface area contributed by atoms with Crippen molar-refractivity contribution in [1.82, 2.24) is 0 Å². The molecule has 0 heterocycles. The van der Waals surface area contributed by atoms with E-state index in [0.717, 1.165) is 24.8 Å². The van der Waals surface area contributed by atoms with Crippen LogP contribution in [0.25, 0.3) is 6.08 Å². The number of allylic oxidation sites excluding steroid dienone is 3. The molecule has 0 amide bonds. The van der Waals surface area contributed by atoms with Crippen molar-refractivity contribution < 1.29 is 10.2 Å². The Bertz CT molecular complexity index is 378. The maximum Gasteiger partial charge on any atom is 0.157 e. The molecule has 0 aliphatic heterocycles. The zero-order valence-electron chi connectivity index (χ0n) is 9.26. The molecule has 0 aliphatic carbocycles. The molecule has 0 bridgehead atoms. The molecule has 1 rings (SSSR count). The van der Waals surface area contributed by atoms with E-state index in [9.17, 15) is 5.11 Å². The highest BCUT2D eigenvalue weighted by Crippen LogP contribution is 2.25. The second-order valence-corrected chi connectivity index (χ2v) is 3.50. The summed E-state index contributed by atoms with van der Waals surface area (Å²) < 4.78 is 0. The molecule has 0 atom stereocenters. The molecule has 1 aromatic rings. The van der Waals surface area contributed by atoms with Gasteiger partial charge in [-0.05, 0) is 37.0 Å². The fraction of sp³-hybridized carbons (Fsp3) is 0.214. The second-order valence-electron chi connectivity index (χ2n) is 3.50. The number of unbranched alkanes of at least 4 members (excludes halogenated alkanes) is 1. The first kappa shape index (κ1) is 12.4. The Balaban J connectivity index is 2.47. The molecule has 2 nitrogen and oxygen atoms in total. The van der Waals surface area contributed by atoms with Crippen LogP contribution in [-0.4, -0.2) is 10.2 Å². The summed E-state index contributed by atoms with van der Waals surface area (Å²) in [4.78, 5) is 0. The van der Waals surface area contributed by atoms with Crippen LogP contribution < -0.4 is 0 Å². The number of phenolic OH excluding ortho intramolecular Hbond substituents is 2. The van der Waals surface area contributed by atoms with Crippen molar-refractivity contribution in [3.8, 4) is 11.5 Å². The molecule has 16 heavy (non-hydrogen) atoms. The summed E-state index contributed by atoms with van der Waals surface area (Å²) in [6, 6.07) is 4.77. The van der Waals surface area contributed by atoms with Crippen molar-refractivity contribution in [1.29, 1.82) is 0 Å². The summed E-state index contributed by atoms with van der Waals surface area (Å²) in [5.41, 5.74) is 0.876. The fourth-order valence-corrected chi connectivity index (χ4v) is 1.26. The Labute approximate surface area is 96.6 Å². The minimum absolute atomic E-state index is 0.0882. The smallest absolute Gasteiger partial charge is 0.157 e. The maximum atomic E-state index is 9.27. The van der Waals surface area contributed by atoms with Crippen LogP contribution in [0.4, 0.5) is 0 Å². The number of hydrogen-bond acceptors (Lipinski definition) is 2. The van der Waals surface area contributed by atoms with Crippen molar-refractivity contribution in [3.05, 3.63) is 48.9 Å². The molecule has 85 valence electrons. The van der Waals surface area contributed by atoms with Gasteiger partial charge in [0.15, 0.2) is 11.5 Å². The molecule has 0 saturated carbocycles. The average Bonchev–Trinajstić information content (AvgIpc) is 2.28. The van der Waals surface area contributed by atoms with E-state index in [-0.39, 0.29) is 11.5 Å². The van der Waals surface area contributed by atoms with E-state index >= 15 is 0 Å². The van der Waals surface area contributed by atoms with Gasteiger partial charge >= 0.3 is 0 Å². The van der Waals surface area contributed by atoms with Crippen molar-refractivity contribution in [2.45, 2.75) is 19.3 Å². The normalized spacial score (nSPS) is 11.6. The number of aromatic hydroxyl groups is 2. The van der Waals surface area contributed by atoms with Crippen LogP contribution in [0.1, 0.15) is 24.8 Å². The van der Waals surface area contributed by atoms with Crippen molar-refractivity contribution in [2.24, 2.45) is 0 Å². The molecule has 0 aromatic heterocycles. The van der Waals surface area contributed by atoms with Gasteiger partial charge in [0, 0.05) is 0 Å². The third-order valence-corrected chi connectivity index (χ3v) is 2.12. The van der Waals surface area contributed by atoms with Gasteiger partial charge < -0.3 is 10.2 Å². The van der Waals surface area contributed by atoms with Crippen LogP contribution in [0, 0.1) is 6.92 Å². The Morgan fingerprint density at radius 3 is 2.56 bits per heavy atom. The van der Waals surface area contributed by atoms with Gasteiger partial charge in [0.05, 0.1) is 0 Å². The number of phenols is 2. The third kappa shape index (κ3) is 4.22. The van der Waals surface area contributed by atoms with Crippen molar-refractivity contribution in [3.63, 3.8) is 0 Å². The van der Waals surface area contributed by atoms with Gasteiger partial charge in [-0.1, -0.05) is 37.3 Å². The lowest BCUT2D eigenvalue weighted by molar-refractivity contribution is 0.403. The van der Waals surface area contributed by atoms with Crippen LogP contribution >= 0.6 is 0 Å². The van der Waals surface area contributed by atoms with Gasteiger partial charge in [-0.2, -0.15) is 0 Å². The lowest BCUT2D eigenvalue weighted by atomic mass is 10.1. The number of benzene rings is 1. The number of hydrogen-bond donors (Lipinski definition) is 2. The lowest BCUT2D eigenvalue weighted by Gasteiger charge is -1.97. The molecule has 2 heteroatoms. The second kappa shape index (κ2) is 6.72. The first-order valence-electron chi connectivity index (χ1n) is 5.37. The van der Waals surface area contributed by atoms with Crippen LogP contribution in [0.5, 0.6) is 11.5 Å². The molecule has 0 saturated heterocycles. The molecule has 0 unspecified atom stereocenters. The zero-order chi connectivity index (χ0) is 11.8. The molecule has 0 fully saturated rings. The van der Waals surface area contributed by atoms with Crippen LogP contribution in [0.2, 0.25) is 0 Å². The molecule has 0 aliphatic rings. The quantitative estimate of drug-likeness (QED) is 0.583. The Morgan fingerprint density at radius 2 is 1.88 bits per heavy atom.